The Hall–Kier alpha value is 0.170. The largest absolute Gasteiger partial charge is 0.260 e. The Morgan fingerprint density at radius 1 is 1.44 bits per heavy atom. The third kappa shape index (κ3) is 1.19. The first kappa shape index (κ1) is 7.28. The smallest absolute Gasteiger partial charge is 0.118 e. The van der Waals surface area contributed by atoms with Crippen LogP contribution in [0, 0.1) is 6.92 Å². The number of hydrogen-bond acceptors (Lipinski definition) is 1. The van der Waals surface area contributed by atoms with E-state index < -0.39 is 0 Å². The maximum absolute atomic E-state index is 4.13. The van der Waals surface area contributed by atoms with Gasteiger partial charge in [0.1, 0.15) is 4.60 Å². The second-order valence-corrected chi connectivity index (χ2v) is 3.36. The molecule has 1 aromatic rings. The standard InChI is InChI=1S/C5H6Br2N2/c1-3-4(6)5(7)9(2)8-3/h1-2H3. The van der Waals surface area contributed by atoms with Gasteiger partial charge in [0.15, 0.2) is 0 Å². The van der Waals surface area contributed by atoms with Crippen LogP contribution in [0.1, 0.15) is 5.69 Å². The molecule has 0 aliphatic heterocycles. The van der Waals surface area contributed by atoms with Crippen molar-refractivity contribution in [3.8, 4) is 0 Å². The molecule has 0 fully saturated rings. The van der Waals surface area contributed by atoms with Gasteiger partial charge in [-0.25, -0.2) is 0 Å². The van der Waals surface area contributed by atoms with Gasteiger partial charge in [-0.05, 0) is 38.8 Å². The predicted octanol–water partition coefficient (Wildman–Crippen LogP) is 2.25. The van der Waals surface area contributed by atoms with E-state index in [0.29, 0.717) is 0 Å². The fraction of sp³-hybridized carbons (Fsp3) is 0.400. The number of aromatic nitrogens is 2. The third-order valence-corrected chi connectivity index (χ3v) is 3.47. The summed E-state index contributed by atoms with van der Waals surface area (Å²) in [5.41, 5.74) is 1.00. The van der Waals surface area contributed by atoms with Crippen LogP contribution >= 0.6 is 31.9 Å². The van der Waals surface area contributed by atoms with E-state index in [0.717, 1.165) is 14.8 Å². The van der Waals surface area contributed by atoms with Crippen molar-refractivity contribution in [2.45, 2.75) is 6.92 Å². The zero-order valence-corrected chi connectivity index (χ0v) is 8.32. The number of nitrogens with zero attached hydrogens (tertiary/aromatic N) is 2. The van der Waals surface area contributed by atoms with E-state index in [2.05, 4.69) is 37.0 Å². The molecule has 0 atom stereocenters. The van der Waals surface area contributed by atoms with Crippen LogP contribution in [0.2, 0.25) is 0 Å². The van der Waals surface area contributed by atoms with Crippen LogP contribution in [0.15, 0.2) is 9.08 Å². The van der Waals surface area contributed by atoms with Crippen LogP contribution in [-0.4, -0.2) is 9.78 Å². The molecule has 1 aromatic heterocycles. The van der Waals surface area contributed by atoms with Crippen molar-refractivity contribution >= 4 is 31.9 Å². The lowest BCUT2D eigenvalue weighted by atomic mass is 10.5. The van der Waals surface area contributed by atoms with Crippen molar-refractivity contribution in [2.75, 3.05) is 0 Å². The molecule has 0 saturated heterocycles. The number of halogens is 2. The van der Waals surface area contributed by atoms with Gasteiger partial charge in [-0.1, -0.05) is 0 Å². The number of hydrogen-bond donors (Lipinski definition) is 0. The molecule has 0 aliphatic carbocycles. The van der Waals surface area contributed by atoms with E-state index in [1.165, 1.54) is 0 Å². The molecule has 0 saturated carbocycles. The fourth-order valence-electron chi connectivity index (χ4n) is 0.604. The summed E-state index contributed by atoms with van der Waals surface area (Å²) in [6, 6.07) is 0. The minimum absolute atomic E-state index is 0.986. The molecular formula is C5H6Br2N2. The van der Waals surface area contributed by atoms with Gasteiger partial charge < -0.3 is 0 Å². The summed E-state index contributed by atoms with van der Waals surface area (Å²) in [5.74, 6) is 0. The molecule has 0 amide bonds. The van der Waals surface area contributed by atoms with Gasteiger partial charge in [-0.2, -0.15) is 5.10 Å². The minimum atomic E-state index is 0.986. The molecule has 0 spiro atoms. The third-order valence-electron chi connectivity index (χ3n) is 1.08. The van der Waals surface area contributed by atoms with E-state index >= 15 is 0 Å². The molecule has 2 nitrogen and oxygen atoms in total. The van der Waals surface area contributed by atoms with Crippen molar-refractivity contribution in [1.29, 1.82) is 0 Å². The lowest BCUT2D eigenvalue weighted by Gasteiger charge is -1.87. The quantitative estimate of drug-likeness (QED) is 0.694. The second-order valence-electron chi connectivity index (χ2n) is 1.81. The van der Waals surface area contributed by atoms with Crippen LogP contribution in [-0.2, 0) is 7.05 Å². The van der Waals surface area contributed by atoms with Crippen LogP contribution < -0.4 is 0 Å². The van der Waals surface area contributed by atoms with E-state index in [9.17, 15) is 0 Å². The molecule has 1 heterocycles. The molecule has 0 bridgehead atoms. The molecule has 0 aromatic carbocycles. The van der Waals surface area contributed by atoms with Crippen molar-refractivity contribution in [3.63, 3.8) is 0 Å². The SMILES string of the molecule is Cc1nn(C)c(Br)c1Br. The Labute approximate surface area is 70.5 Å². The Morgan fingerprint density at radius 2 is 2.00 bits per heavy atom. The molecular weight excluding hydrogens is 248 g/mol. The number of rotatable bonds is 0. The number of aryl methyl sites for hydroxylation is 2. The van der Waals surface area contributed by atoms with E-state index in [1.807, 2.05) is 14.0 Å². The lowest BCUT2D eigenvalue weighted by molar-refractivity contribution is 0.740. The van der Waals surface area contributed by atoms with Gasteiger partial charge in [0.05, 0.1) is 10.2 Å². The Bertz CT molecular complexity index is 207. The summed E-state index contributed by atoms with van der Waals surface area (Å²) in [4.78, 5) is 0. The minimum Gasteiger partial charge on any atom is -0.260 e. The van der Waals surface area contributed by atoms with Gasteiger partial charge in [-0.15, -0.1) is 0 Å². The monoisotopic (exact) mass is 252 g/mol. The van der Waals surface area contributed by atoms with Crippen molar-refractivity contribution in [3.05, 3.63) is 14.8 Å². The maximum Gasteiger partial charge on any atom is 0.118 e. The topological polar surface area (TPSA) is 17.8 Å². The highest BCUT2D eigenvalue weighted by atomic mass is 79.9. The Kier molecular flexibility index (Phi) is 1.96. The van der Waals surface area contributed by atoms with Gasteiger partial charge in [0.25, 0.3) is 0 Å². The molecule has 0 unspecified atom stereocenters. The van der Waals surface area contributed by atoms with Gasteiger partial charge >= 0.3 is 0 Å². The first-order valence-corrected chi connectivity index (χ1v) is 4.06. The average molecular weight is 254 g/mol. The van der Waals surface area contributed by atoms with Crippen LogP contribution in [0.25, 0.3) is 0 Å². The highest BCUT2D eigenvalue weighted by Crippen LogP contribution is 2.24. The van der Waals surface area contributed by atoms with Crippen LogP contribution in [0.4, 0.5) is 0 Å². The van der Waals surface area contributed by atoms with Crippen LogP contribution in [0.3, 0.4) is 0 Å². The molecule has 50 valence electrons. The summed E-state index contributed by atoms with van der Waals surface area (Å²) in [6.07, 6.45) is 0. The molecule has 1 rings (SSSR count). The highest BCUT2D eigenvalue weighted by Gasteiger charge is 2.05. The first-order chi connectivity index (χ1) is 4.13. The maximum atomic E-state index is 4.13. The summed E-state index contributed by atoms with van der Waals surface area (Å²) < 4.78 is 3.80. The first-order valence-electron chi connectivity index (χ1n) is 2.47. The van der Waals surface area contributed by atoms with Crippen molar-refractivity contribution in [2.24, 2.45) is 7.05 Å². The molecule has 0 aliphatic rings. The predicted molar refractivity (Wildman–Crippen MR) is 43.3 cm³/mol. The summed E-state index contributed by atoms with van der Waals surface area (Å²) in [5, 5.41) is 4.13. The molecule has 0 radical (unpaired) electrons. The zero-order chi connectivity index (χ0) is 7.02. The summed E-state index contributed by atoms with van der Waals surface area (Å²) in [7, 11) is 1.89. The Morgan fingerprint density at radius 3 is 2.11 bits per heavy atom. The Balaban J connectivity index is 3.29. The average Bonchev–Trinajstić information content (AvgIpc) is 1.98. The van der Waals surface area contributed by atoms with Crippen molar-refractivity contribution < 1.29 is 0 Å². The molecule has 0 N–H and O–H groups in total. The zero-order valence-electron chi connectivity index (χ0n) is 5.15. The van der Waals surface area contributed by atoms with E-state index in [-0.39, 0.29) is 0 Å². The van der Waals surface area contributed by atoms with Gasteiger partial charge in [0, 0.05) is 7.05 Å². The molecule has 9 heavy (non-hydrogen) atoms. The normalized spacial score (nSPS) is 10.2. The van der Waals surface area contributed by atoms with Crippen molar-refractivity contribution in [1.82, 2.24) is 9.78 Å². The van der Waals surface area contributed by atoms with E-state index in [4.69, 9.17) is 0 Å². The second kappa shape index (κ2) is 2.42. The van der Waals surface area contributed by atoms with E-state index in [1.54, 1.807) is 4.68 Å². The fourth-order valence-corrected chi connectivity index (χ4v) is 1.31. The summed E-state index contributed by atoms with van der Waals surface area (Å²) >= 11 is 6.72. The summed E-state index contributed by atoms with van der Waals surface area (Å²) in [6.45, 7) is 1.95. The van der Waals surface area contributed by atoms with Gasteiger partial charge in [-0.3, -0.25) is 4.68 Å². The lowest BCUT2D eigenvalue weighted by Crippen LogP contribution is -1.89. The highest BCUT2D eigenvalue weighted by molar-refractivity contribution is 9.13. The van der Waals surface area contributed by atoms with Gasteiger partial charge in [0.2, 0.25) is 0 Å². The molecule has 4 heteroatoms. The van der Waals surface area contributed by atoms with Crippen LogP contribution in [0.5, 0.6) is 0 Å².